The van der Waals surface area contributed by atoms with Crippen LogP contribution in [0.2, 0.25) is 0 Å². The molecule has 0 aromatic heterocycles. The van der Waals surface area contributed by atoms with Gasteiger partial charge in [0.05, 0.1) is 23.7 Å². The minimum atomic E-state index is -3.91. The summed E-state index contributed by atoms with van der Waals surface area (Å²) in [6.45, 7) is 0.454. The highest BCUT2D eigenvalue weighted by atomic mass is 32.2. The molecule has 0 spiro atoms. The van der Waals surface area contributed by atoms with E-state index < -0.39 is 15.9 Å². The Morgan fingerprint density at radius 3 is 2.36 bits per heavy atom. The van der Waals surface area contributed by atoms with E-state index >= 15 is 0 Å². The number of hydrogen-bond donors (Lipinski definition) is 3. The molecule has 3 aromatic rings. The van der Waals surface area contributed by atoms with Gasteiger partial charge in [-0.3, -0.25) is 19.1 Å². The number of sulfonamides is 1. The van der Waals surface area contributed by atoms with Gasteiger partial charge in [-0.05, 0) is 48.5 Å². The molecule has 1 heterocycles. The van der Waals surface area contributed by atoms with Crippen molar-refractivity contribution in [2.24, 2.45) is 0 Å². The molecule has 36 heavy (non-hydrogen) atoms. The van der Waals surface area contributed by atoms with E-state index in [4.69, 9.17) is 0 Å². The molecule has 186 valence electrons. The van der Waals surface area contributed by atoms with Crippen molar-refractivity contribution in [2.75, 3.05) is 30.9 Å². The number of nitrogens with zero attached hydrogens (tertiary/aromatic N) is 1. The Bertz CT molecular complexity index is 1360. The molecule has 0 atom stereocenters. The summed E-state index contributed by atoms with van der Waals surface area (Å²) in [5, 5.41) is 5.14. The first-order chi connectivity index (χ1) is 17.3. The molecule has 0 bridgehead atoms. The predicted molar refractivity (Wildman–Crippen MR) is 136 cm³/mol. The molecule has 4 rings (SSSR count). The second kappa shape index (κ2) is 11.3. The van der Waals surface area contributed by atoms with E-state index in [-0.39, 0.29) is 35.4 Å². The van der Waals surface area contributed by atoms with Crippen molar-refractivity contribution in [2.45, 2.75) is 14.7 Å². The zero-order valence-corrected chi connectivity index (χ0v) is 20.8. The van der Waals surface area contributed by atoms with Crippen molar-refractivity contribution in [3.8, 4) is 0 Å². The summed E-state index contributed by atoms with van der Waals surface area (Å²) in [5.74, 6) is -1.13. The zero-order chi connectivity index (χ0) is 25.5. The molecule has 1 aliphatic rings. The highest BCUT2D eigenvalue weighted by Gasteiger charge is 2.22. The average molecular weight is 525 g/mol. The van der Waals surface area contributed by atoms with Gasteiger partial charge in [0, 0.05) is 28.4 Å². The highest BCUT2D eigenvalue weighted by Crippen LogP contribution is 2.34. The number of hydrogen-bond acceptors (Lipinski definition) is 6. The Hall–Kier alpha value is -3.83. The van der Waals surface area contributed by atoms with Crippen LogP contribution in [-0.4, -0.2) is 57.2 Å². The van der Waals surface area contributed by atoms with Gasteiger partial charge in [0.2, 0.25) is 11.8 Å². The van der Waals surface area contributed by atoms with Gasteiger partial charge in [-0.15, -0.1) is 0 Å². The Kier molecular flexibility index (Phi) is 7.91. The number of carbonyl (C=O) groups is 3. The Morgan fingerprint density at radius 2 is 1.64 bits per heavy atom. The summed E-state index contributed by atoms with van der Waals surface area (Å²) >= 11 is 1.44. The first-order valence-corrected chi connectivity index (χ1v) is 13.4. The SMILES string of the molecule is O=C1CN(C(=O)CNC(=O)c2ccc(S(=O)(=O)Nc3ccccc3Sc3ccccc3)cc2)CCN1. The van der Waals surface area contributed by atoms with Crippen LogP contribution < -0.4 is 15.4 Å². The standard InChI is InChI=1S/C25H24N4O5S2/c30-23-17-29(15-14-26-23)24(31)16-27-25(32)18-10-12-20(13-11-18)36(33,34)28-21-8-4-5-9-22(21)35-19-6-2-1-3-7-19/h1-13,28H,14-17H2,(H,26,30)(H,27,32). The van der Waals surface area contributed by atoms with Crippen molar-refractivity contribution >= 4 is 45.2 Å². The first-order valence-electron chi connectivity index (χ1n) is 11.1. The van der Waals surface area contributed by atoms with Crippen LogP contribution in [0, 0.1) is 0 Å². The van der Waals surface area contributed by atoms with Gasteiger partial charge in [0.15, 0.2) is 0 Å². The lowest BCUT2D eigenvalue weighted by molar-refractivity contribution is -0.137. The third-order valence-electron chi connectivity index (χ3n) is 5.32. The van der Waals surface area contributed by atoms with Gasteiger partial charge in [-0.25, -0.2) is 8.42 Å². The third-order valence-corrected chi connectivity index (χ3v) is 7.79. The molecular formula is C25H24N4O5S2. The van der Waals surface area contributed by atoms with E-state index in [1.165, 1.54) is 40.9 Å². The minimum Gasteiger partial charge on any atom is -0.353 e. The quantitative estimate of drug-likeness (QED) is 0.416. The molecule has 0 unspecified atom stereocenters. The van der Waals surface area contributed by atoms with E-state index in [0.29, 0.717) is 18.8 Å². The molecule has 1 fully saturated rings. The molecule has 1 saturated heterocycles. The van der Waals surface area contributed by atoms with Gasteiger partial charge < -0.3 is 15.5 Å². The average Bonchev–Trinajstić information content (AvgIpc) is 2.89. The zero-order valence-electron chi connectivity index (χ0n) is 19.1. The van der Waals surface area contributed by atoms with Gasteiger partial charge in [0.25, 0.3) is 15.9 Å². The number of nitrogens with one attached hydrogen (secondary N) is 3. The fourth-order valence-electron chi connectivity index (χ4n) is 3.47. The number of piperazine rings is 1. The number of rotatable bonds is 8. The van der Waals surface area contributed by atoms with E-state index in [2.05, 4.69) is 15.4 Å². The van der Waals surface area contributed by atoms with E-state index in [1.54, 1.807) is 12.1 Å². The maximum atomic E-state index is 13.0. The van der Waals surface area contributed by atoms with Crippen molar-refractivity contribution in [3.05, 3.63) is 84.4 Å². The third kappa shape index (κ3) is 6.43. The largest absolute Gasteiger partial charge is 0.353 e. The predicted octanol–water partition coefficient (Wildman–Crippen LogP) is 2.33. The summed E-state index contributed by atoms with van der Waals surface area (Å²) in [7, 11) is -3.91. The van der Waals surface area contributed by atoms with Gasteiger partial charge in [-0.1, -0.05) is 42.1 Å². The number of carbonyl (C=O) groups excluding carboxylic acids is 3. The molecule has 0 aliphatic carbocycles. The van der Waals surface area contributed by atoms with Gasteiger partial charge >= 0.3 is 0 Å². The maximum Gasteiger partial charge on any atom is 0.261 e. The summed E-state index contributed by atoms with van der Waals surface area (Å²) < 4.78 is 28.6. The number of anilines is 1. The van der Waals surface area contributed by atoms with Crippen molar-refractivity contribution in [1.82, 2.24) is 15.5 Å². The number of amides is 3. The first kappa shape index (κ1) is 25.3. The van der Waals surface area contributed by atoms with Crippen LogP contribution in [0.4, 0.5) is 5.69 Å². The smallest absolute Gasteiger partial charge is 0.261 e. The maximum absolute atomic E-state index is 13.0. The second-order valence-corrected chi connectivity index (χ2v) is 10.7. The van der Waals surface area contributed by atoms with Crippen LogP contribution in [0.3, 0.4) is 0 Å². The monoisotopic (exact) mass is 524 g/mol. The van der Waals surface area contributed by atoms with E-state index in [1.807, 2.05) is 42.5 Å². The van der Waals surface area contributed by atoms with Gasteiger partial charge in [0.1, 0.15) is 0 Å². The molecule has 9 nitrogen and oxygen atoms in total. The fraction of sp³-hybridized carbons (Fsp3) is 0.160. The lowest BCUT2D eigenvalue weighted by Crippen LogP contribution is -2.52. The van der Waals surface area contributed by atoms with Crippen LogP contribution >= 0.6 is 11.8 Å². The summed E-state index contributed by atoms with van der Waals surface area (Å²) in [6.07, 6.45) is 0. The number of benzene rings is 3. The van der Waals surface area contributed by atoms with Gasteiger partial charge in [-0.2, -0.15) is 0 Å². The van der Waals surface area contributed by atoms with Crippen LogP contribution in [-0.2, 0) is 19.6 Å². The van der Waals surface area contributed by atoms with Crippen LogP contribution in [0.5, 0.6) is 0 Å². The van der Waals surface area contributed by atoms with Crippen molar-refractivity contribution in [3.63, 3.8) is 0 Å². The van der Waals surface area contributed by atoms with Crippen molar-refractivity contribution in [1.29, 1.82) is 0 Å². The van der Waals surface area contributed by atoms with Crippen LogP contribution in [0.15, 0.2) is 93.5 Å². The molecule has 1 aliphatic heterocycles. The minimum absolute atomic E-state index is 0.00558. The number of para-hydroxylation sites is 1. The van der Waals surface area contributed by atoms with E-state index in [0.717, 1.165) is 9.79 Å². The lowest BCUT2D eigenvalue weighted by Gasteiger charge is -2.26. The summed E-state index contributed by atoms with van der Waals surface area (Å²) in [5.41, 5.74) is 0.649. The molecule has 3 N–H and O–H groups in total. The fourth-order valence-corrected chi connectivity index (χ4v) is 5.53. The lowest BCUT2D eigenvalue weighted by atomic mass is 10.2. The topological polar surface area (TPSA) is 125 Å². The molecular weight excluding hydrogens is 500 g/mol. The summed E-state index contributed by atoms with van der Waals surface area (Å²) in [6, 6.07) is 22.2. The van der Waals surface area contributed by atoms with Crippen molar-refractivity contribution < 1.29 is 22.8 Å². The Balaban J connectivity index is 1.39. The molecule has 0 saturated carbocycles. The second-order valence-electron chi connectivity index (χ2n) is 7.89. The Morgan fingerprint density at radius 1 is 0.944 bits per heavy atom. The normalized spacial score (nSPS) is 13.6. The molecule has 0 radical (unpaired) electrons. The molecule has 3 aromatic carbocycles. The summed E-state index contributed by atoms with van der Waals surface area (Å²) in [4.78, 5) is 39.2. The molecule has 3 amide bonds. The molecule has 11 heteroatoms. The Labute approximate surface area is 213 Å². The van der Waals surface area contributed by atoms with Crippen LogP contribution in [0.25, 0.3) is 0 Å². The van der Waals surface area contributed by atoms with Crippen LogP contribution in [0.1, 0.15) is 10.4 Å². The highest BCUT2D eigenvalue weighted by molar-refractivity contribution is 7.99. The van der Waals surface area contributed by atoms with E-state index in [9.17, 15) is 22.8 Å².